The van der Waals surface area contributed by atoms with Crippen LogP contribution >= 0.6 is 0 Å². The summed E-state index contributed by atoms with van der Waals surface area (Å²) < 4.78 is 12.4. The van der Waals surface area contributed by atoms with E-state index < -0.39 is 0 Å². The molecule has 3 heterocycles. The van der Waals surface area contributed by atoms with Crippen molar-refractivity contribution in [2.45, 2.75) is 45.4 Å². The van der Waals surface area contributed by atoms with Gasteiger partial charge in [0.25, 0.3) is 0 Å². The van der Waals surface area contributed by atoms with Gasteiger partial charge in [-0.3, -0.25) is 9.88 Å². The summed E-state index contributed by atoms with van der Waals surface area (Å²) >= 11 is 0. The number of benzene rings is 1. The van der Waals surface area contributed by atoms with Crippen molar-refractivity contribution in [3.8, 4) is 11.1 Å². The maximum absolute atomic E-state index is 6.20. The molecule has 2 aliphatic rings. The highest BCUT2D eigenvalue weighted by atomic mass is 16.7. The van der Waals surface area contributed by atoms with Crippen molar-refractivity contribution in [1.29, 1.82) is 0 Å². The molecule has 5 nitrogen and oxygen atoms in total. The largest absolute Gasteiger partial charge is 0.496 e. The fourth-order valence-corrected chi connectivity index (χ4v) is 3.84. The van der Waals surface area contributed by atoms with Gasteiger partial charge in [0.1, 0.15) is 0 Å². The predicted molar refractivity (Wildman–Crippen MR) is 118 cm³/mol. The average molecular weight is 393 g/mol. The lowest BCUT2D eigenvalue weighted by molar-refractivity contribution is 0.00578. The molecule has 154 valence electrons. The molecular weight excluding hydrogens is 361 g/mol. The van der Waals surface area contributed by atoms with E-state index in [4.69, 9.17) is 9.31 Å². The molecule has 2 aliphatic heterocycles. The first-order valence-corrected chi connectivity index (χ1v) is 10.5. The first kappa shape index (κ1) is 20.5. The van der Waals surface area contributed by atoms with Crippen LogP contribution in [0.25, 0.3) is 11.1 Å². The maximum atomic E-state index is 6.20. The minimum absolute atomic E-state index is 0.351. The Hall–Kier alpha value is -1.73. The van der Waals surface area contributed by atoms with Gasteiger partial charge in [-0.25, -0.2) is 0 Å². The van der Waals surface area contributed by atoms with E-state index in [-0.39, 0.29) is 18.3 Å². The van der Waals surface area contributed by atoms with Crippen LogP contribution in [0.5, 0.6) is 0 Å². The Bertz CT molecular complexity index is 847. The van der Waals surface area contributed by atoms with Crippen molar-refractivity contribution < 1.29 is 9.31 Å². The highest BCUT2D eigenvalue weighted by Gasteiger charge is 2.51. The van der Waals surface area contributed by atoms with Gasteiger partial charge in [0.05, 0.1) is 11.2 Å². The molecule has 6 heteroatoms. The van der Waals surface area contributed by atoms with Crippen LogP contribution in [0.1, 0.15) is 33.3 Å². The maximum Gasteiger partial charge on any atom is 0.496 e. The third-order valence-corrected chi connectivity index (χ3v) is 6.55. The summed E-state index contributed by atoms with van der Waals surface area (Å²) in [7, 11) is 1.80. The van der Waals surface area contributed by atoms with E-state index in [2.05, 4.69) is 79.9 Å². The molecule has 0 atom stereocenters. The smallest absolute Gasteiger partial charge is 0.399 e. The first-order valence-electron chi connectivity index (χ1n) is 10.5. The van der Waals surface area contributed by atoms with Crippen molar-refractivity contribution in [2.75, 3.05) is 33.2 Å². The Balaban J connectivity index is 1.52. The molecule has 1 aromatic carbocycles. The van der Waals surface area contributed by atoms with Gasteiger partial charge >= 0.3 is 7.12 Å². The van der Waals surface area contributed by atoms with E-state index in [9.17, 15) is 0 Å². The number of aromatic nitrogens is 1. The number of piperazine rings is 1. The normalized spacial score (nSPS) is 22.2. The van der Waals surface area contributed by atoms with Gasteiger partial charge in [-0.05, 0) is 57.5 Å². The van der Waals surface area contributed by atoms with Crippen LogP contribution in [0.4, 0.5) is 0 Å². The lowest BCUT2D eigenvalue weighted by Gasteiger charge is -2.32. The summed E-state index contributed by atoms with van der Waals surface area (Å²) in [4.78, 5) is 9.39. The van der Waals surface area contributed by atoms with Gasteiger partial charge in [0, 0.05) is 50.6 Å². The number of pyridine rings is 1. The summed E-state index contributed by atoms with van der Waals surface area (Å²) in [5.41, 5.74) is 3.88. The van der Waals surface area contributed by atoms with Crippen LogP contribution in [-0.4, -0.2) is 66.3 Å². The number of likely N-dealkylation sites (N-methyl/N-ethyl adjacent to an activating group) is 1. The highest BCUT2D eigenvalue weighted by molar-refractivity contribution is 6.62. The molecule has 2 fully saturated rings. The molecule has 0 saturated carbocycles. The second-order valence-corrected chi connectivity index (χ2v) is 9.38. The third kappa shape index (κ3) is 4.41. The summed E-state index contributed by atoms with van der Waals surface area (Å²) in [6.07, 6.45) is 3.77. The zero-order valence-corrected chi connectivity index (χ0v) is 18.3. The summed E-state index contributed by atoms with van der Waals surface area (Å²) in [6, 6.07) is 10.9. The second kappa shape index (κ2) is 7.84. The lowest BCUT2D eigenvalue weighted by atomic mass is 9.79. The molecular formula is C23H32BN3O2. The Morgan fingerprint density at radius 3 is 2.31 bits per heavy atom. The van der Waals surface area contributed by atoms with E-state index in [0.717, 1.165) is 43.8 Å². The molecule has 29 heavy (non-hydrogen) atoms. The van der Waals surface area contributed by atoms with Crippen LogP contribution in [-0.2, 0) is 15.9 Å². The average Bonchev–Trinajstić information content (AvgIpc) is 2.91. The number of rotatable bonds is 4. The topological polar surface area (TPSA) is 37.8 Å². The van der Waals surface area contributed by atoms with E-state index in [0.29, 0.717) is 0 Å². The van der Waals surface area contributed by atoms with E-state index in [1.165, 1.54) is 11.1 Å². The van der Waals surface area contributed by atoms with Gasteiger partial charge in [-0.1, -0.05) is 24.3 Å². The van der Waals surface area contributed by atoms with Crippen molar-refractivity contribution >= 4 is 12.6 Å². The van der Waals surface area contributed by atoms with Gasteiger partial charge < -0.3 is 14.2 Å². The van der Waals surface area contributed by atoms with Gasteiger partial charge in [0.2, 0.25) is 0 Å². The minimum atomic E-state index is -0.388. The van der Waals surface area contributed by atoms with E-state index in [1.54, 1.807) is 0 Å². The predicted octanol–water partition coefficient (Wildman–Crippen LogP) is 2.80. The number of hydrogen-bond acceptors (Lipinski definition) is 5. The Morgan fingerprint density at radius 2 is 1.62 bits per heavy atom. The van der Waals surface area contributed by atoms with Gasteiger partial charge in [-0.2, -0.15) is 0 Å². The molecule has 0 amide bonds. The molecule has 4 rings (SSSR count). The Labute approximate surface area is 175 Å². The van der Waals surface area contributed by atoms with Crippen LogP contribution in [0, 0.1) is 0 Å². The summed E-state index contributed by atoms with van der Waals surface area (Å²) in [6.45, 7) is 13.8. The minimum Gasteiger partial charge on any atom is -0.399 e. The molecule has 1 aromatic heterocycles. The van der Waals surface area contributed by atoms with Gasteiger partial charge in [0.15, 0.2) is 0 Å². The van der Waals surface area contributed by atoms with Gasteiger partial charge in [-0.15, -0.1) is 0 Å². The Morgan fingerprint density at radius 1 is 0.931 bits per heavy atom. The monoisotopic (exact) mass is 393 g/mol. The third-order valence-electron chi connectivity index (χ3n) is 6.55. The van der Waals surface area contributed by atoms with Crippen molar-refractivity contribution in [2.24, 2.45) is 0 Å². The van der Waals surface area contributed by atoms with Crippen molar-refractivity contribution in [3.63, 3.8) is 0 Å². The molecule has 2 saturated heterocycles. The summed E-state index contributed by atoms with van der Waals surface area (Å²) in [5, 5.41) is 0. The summed E-state index contributed by atoms with van der Waals surface area (Å²) in [5.74, 6) is 0. The lowest BCUT2D eigenvalue weighted by Crippen LogP contribution is -2.43. The molecule has 0 bridgehead atoms. The highest BCUT2D eigenvalue weighted by Crippen LogP contribution is 2.36. The number of nitrogens with zero attached hydrogens (tertiary/aromatic N) is 3. The number of hydrogen-bond donors (Lipinski definition) is 0. The van der Waals surface area contributed by atoms with Crippen molar-refractivity contribution in [3.05, 3.63) is 48.3 Å². The van der Waals surface area contributed by atoms with Crippen LogP contribution in [0.15, 0.2) is 42.7 Å². The quantitative estimate of drug-likeness (QED) is 0.747. The van der Waals surface area contributed by atoms with Crippen LogP contribution in [0.3, 0.4) is 0 Å². The molecule has 0 radical (unpaired) electrons. The zero-order chi connectivity index (χ0) is 20.6. The Kier molecular flexibility index (Phi) is 5.55. The standard InChI is InChI=1S/C23H32BN3O2/c1-22(2)23(3,4)29-24(28-22)21-14-20(15-25-16-21)19-8-6-7-18(13-19)17-27-11-9-26(5)10-12-27/h6-8,13-16H,9-12,17H2,1-5H3. The zero-order valence-electron chi connectivity index (χ0n) is 18.3. The van der Waals surface area contributed by atoms with E-state index >= 15 is 0 Å². The second-order valence-electron chi connectivity index (χ2n) is 9.38. The first-order chi connectivity index (χ1) is 13.7. The SMILES string of the molecule is CN1CCN(Cc2cccc(-c3cncc(B4OC(C)(C)C(C)(C)O4)c3)c2)CC1. The molecule has 2 aromatic rings. The molecule has 0 unspecified atom stereocenters. The molecule has 0 spiro atoms. The molecule has 0 N–H and O–H groups in total. The van der Waals surface area contributed by atoms with Crippen molar-refractivity contribution in [1.82, 2.24) is 14.8 Å². The molecule has 0 aliphatic carbocycles. The fourth-order valence-electron chi connectivity index (χ4n) is 3.84. The van der Waals surface area contributed by atoms with Crippen LogP contribution < -0.4 is 5.46 Å². The van der Waals surface area contributed by atoms with Crippen LogP contribution in [0.2, 0.25) is 0 Å². The van der Waals surface area contributed by atoms with E-state index in [1.807, 2.05) is 12.4 Å². The fraction of sp³-hybridized carbons (Fsp3) is 0.522.